The molecule has 0 saturated heterocycles. The van der Waals surface area contributed by atoms with Crippen LogP contribution in [0, 0.1) is 6.92 Å². The van der Waals surface area contributed by atoms with E-state index in [1.165, 1.54) is 0 Å². The van der Waals surface area contributed by atoms with E-state index in [1.54, 1.807) is 17.1 Å². The molecule has 3 aromatic heterocycles. The van der Waals surface area contributed by atoms with Crippen molar-refractivity contribution >= 4 is 27.6 Å². The van der Waals surface area contributed by atoms with Crippen LogP contribution in [-0.2, 0) is 13.5 Å². The molecule has 0 spiro atoms. The van der Waals surface area contributed by atoms with Crippen molar-refractivity contribution in [3.05, 3.63) is 102 Å². The fourth-order valence-electron chi connectivity index (χ4n) is 5.34. The van der Waals surface area contributed by atoms with Crippen LogP contribution in [0.15, 0.2) is 85.3 Å². The van der Waals surface area contributed by atoms with Crippen LogP contribution in [0.3, 0.4) is 0 Å². The molecule has 0 saturated carbocycles. The van der Waals surface area contributed by atoms with Crippen molar-refractivity contribution in [1.29, 1.82) is 0 Å². The third kappa shape index (κ3) is 4.52. The number of aromatic nitrogens is 4. The minimum atomic E-state index is -0.975. The van der Waals surface area contributed by atoms with Gasteiger partial charge in [-0.2, -0.15) is 5.10 Å². The van der Waals surface area contributed by atoms with E-state index in [0.717, 1.165) is 60.9 Å². The van der Waals surface area contributed by atoms with Crippen LogP contribution in [0.4, 0.5) is 0 Å². The zero-order valence-corrected chi connectivity index (χ0v) is 21.8. The van der Waals surface area contributed by atoms with Gasteiger partial charge in [0.1, 0.15) is 11.4 Å². The Bertz CT molecular complexity index is 1830. The van der Waals surface area contributed by atoms with Crippen LogP contribution < -0.4 is 4.74 Å². The predicted octanol–water partition coefficient (Wildman–Crippen LogP) is 6.80. The first-order valence-electron chi connectivity index (χ1n) is 12.9. The zero-order chi connectivity index (χ0) is 26.9. The number of para-hydroxylation sites is 1. The number of aromatic amines is 1. The number of rotatable bonds is 8. The minimum absolute atomic E-state index is 0.215. The Morgan fingerprint density at radius 1 is 1.03 bits per heavy atom. The fraction of sp³-hybridized carbons (Fsp3) is 0.156. The molecule has 0 fully saturated rings. The van der Waals surface area contributed by atoms with E-state index in [2.05, 4.69) is 33.3 Å². The number of hydrogen-bond acceptors (Lipinski definition) is 4. The van der Waals surface area contributed by atoms with Gasteiger partial charge in [-0.1, -0.05) is 54.6 Å². The Balaban J connectivity index is 1.34. The minimum Gasteiger partial charge on any atom is -0.493 e. The topological polar surface area (TPSA) is 93.0 Å². The van der Waals surface area contributed by atoms with E-state index in [9.17, 15) is 9.90 Å². The number of carbonyl (C=O) groups is 1. The molecule has 3 heterocycles. The lowest BCUT2D eigenvalue weighted by Crippen LogP contribution is -2.04. The first-order chi connectivity index (χ1) is 19.0. The maximum absolute atomic E-state index is 12.3. The average Bonchev–Trinajstić information content (AvgIpc) is 3.55. The number of carboxylic acids is 1. The Morgan fingerprint density at radius 3 is 2.64 bits per heavy atom. The summed E-state index contributed by atoms with van der Waals surface area (Å²) in [5.74, 6) is -0.139. The van der Waals surface area contributed by atoms with Gasteiger partial charge in [0.05, 0.1) is 24.0 Å². The van der Waals surface area contributed by atoms with Gasteiger partial charge in [0, 0.05) is 46.9 Å². The lowest BCUT2D eigenvalue weighted by molar-refractivity contribution is 0.0690. The molecule has 6 rings (SSSR count). The number of aromatic carboxylic acids is 1. The highest BCUT2D eigenvalue weighted by molar-refractivity contribution is 6.05. The molecular weight excluding hydrogens is 488 g/mol. The second kappa shape index (κ2) is 10.1. The molecule has 3 aromatic carbocycles. The molecule has 0 radical (unpaired) electrons. The summed E-state index contributed by atoms with van der Waals surface area (Å²) in [6.07, 6.45) is 6.76. The molecule has 39 heavy (non-hydrogen) atoms. The van der Waals surface area contributed by atoms with Gasteiger partial charge in [0.2, 0.25) is 0 Å². The monoisotopic (exact) mass is 516 g/mol. The van der Waals surface area contributed by atoms with Crippen LogP contribution in [0.2, 0.25) is 0 Å². The van der Waals surface area contributed by atoms with Gasteiger partial charge in [-0.25, -0.2) is 4.79 Å². The van der Waals surface area contributed by atoms with Crippen molar-refractivity contribution in [3.8, 4) is 28.1 Å². The number of H-pyrrole nitrogens is 1. The summed E-state index contributed by atoms with van der Waals surface area (Å²) in [6, 6.07) is 22.1. The van der Waals surface area contributed by atoms with Gasteiger partial charge in [-0.05, 0) is 48.4 Å². The zero-order valence-electron chi connectivity index (χ0n) is 21.8. The van der Waals surface area contributed by atoms with Crippen LogP contribution in [0.5, 0.6) is 5.75 Å². The number of aryl methyl sites for hydroxylation is 3. The van der Waals surface area contributed by atoms with Crippen LogP contribution in [0.1, 0.15) is 28.0 Å². The molecule has 6 aromatic rings. The smallest absolute Gasteiger partial charge is 0.352 e. The number of hydrogen-bond donors (Lipinski definition) is 2. The predicted molar refractivity (Wildman–Crippen MR) is 153 cm³/mol. The quantitative estimate of drug-likeness (QED) is 0.217. The number of benzene rings is 3. The first kappa shape index (κ1) is 24.4. The van der Waals surface area contributed by atoms with E-state index in [0.29, 0.717) is 19.4 Å². The van der Waals surface area contributed by atoms with Gasteiger partial charge < -0.3 is 14.8 Å². The van der Waals surface area contributed by atoms with Crippen LogP contribution >= 0.6 is 0 Å². The molecule has 7 nitrogen and oxygen atoms in total. The highest BCUT2D eigenvalue weighted by atomic mass is 16.5. The Morgan fingerprint density at radius 2 is 1.82 bits per heavy atom. The number of pyridine rings is 1. The Labute approximate surface area is 225 Å². The lowest BCUT2D eigenvalue weighted by atomic mass is 9.94. The maximum atomic E-state index is 12.3. The van der Waals surface area contributed by atoms with Gasteiger partial charge in [0.15, 0.2) is 0 Å². The molecule has 0 atom stereocenters. The maximum Gasteiger partial charge on any atom is 0.352 e. The van der Waals surface area contributed by atoms with Crippen molar-refractivity contribution in [3.63, 3.8) is 0 Å². The second-order valence-electron chi connectivity index (χ2n) is 9.70. The summed E-state index contributed by atoms with van der Waals surface area (Å²) in [6.45, 7) is 2.52. The van der Waals surface area contributed by atoms with E-state index in [1.807, 2.05) is 68.7 Å². The lowest BCUT2D eigenvalue weighted by Gasteiger charge is -2.12. The van der Waals surface area contributed by atoms with E-state index in [4.69, 9.17) is 4.74 Å². The molecule has 194 valence electrons. The number of carboxylic acid groups (broad SMARTS) is 1. The molecule has 2 N–H and O–H groups in total. The second-order valence-corrected chi connectivity index (χ2v) is 9.70. The highest BCUT2D eigenvalue weighted by Gasteiger charge is 2.22. The first-order valence-corrected chi connectivity index (χ1v) is 12.9. The molecule has 7 heteroatoms. The van der Waals surface area contributed by atoms with Crippen molar-refractivity contribution in [2.75, 3.05) is 6.61 Å². The Hall–Kier alpha value is -4.91. The van der Waals surface area contributed by atoms with Crippen molar-refractivity contribution in [2.45, 2.75) is 19.8 Å². The van der Waals surface area contributed by atoms with Crippen molar-refractivity contribution in [2.24, 2.45) is 7.05 Å². The highest BCUT2D eigenvalue weighted by Crippen LogP contribution is 2.38. The van der Waals surface area contributed by atoms with E-state index < -0.39 is 5.97 Å². The van der Waals surface area contributed by atoms with Crippen molar-refractivity contribution < 1.29 is 14.6 Å². The number of nitrogens with zero attached hydrogens (tertiary/aromatic N) is 3. The summed E-state index contributed by atoms with van der Waals surface area (Å²) >= 11 is 0. The molecule has 0 aliphatic rings. The number of fused-ring (bicyclic) bond motifs is 2. The molecule has 0 aliphatic carbocycles. The summed E-state index contributed by atoms with van der Waals surface area (Å²) in [4.78, 5) is 20.2. The molecular formula is C32H28N4O3. The van der Waals surface area contributed by atoms with Crippen molar-refractivity contribution in [1.82, 2.24) is 19.7 Å². The van der Waals surface area contributed by atoms with E-state index in [-0.39, 0.29) is 5.69 Å². The standard InChI is InChI=1S/C32H28N4O3/c1-20-15-16-33-29(22-18-34-36(2)19-22)28(20)26-12-6-11-24-25(31(32(37)38)35-30(24)26)13-7-17-39-27-14-5-9-21-8-3-4-10-23(21)27/h3-6,8-12,14-16,18-19,35H,7,13,17H2,1-2H3,(H,37,38). The van der Waals surface area contributed by atoms with Gasteiger partial charge >= 0.3 is 5.97 Å². The molecule has 0 unspecified atom stereocenters. The molecule has 0 amide bonds. The van der Waals surface area contributed by atoms with E-state index >= 15 is 0 Å². The third-order valence-corrected chi connectivity index (χ3v) is 7.14. The average molecular weight is 517 g/mol. The fourth-order valence-corrected chi connectivity index (χ4v) is 5.34. The largest absolute Gasteiger partial charge is 0.493 e. The number of nitrogens with one attached hydrogen (secondary N) is 1. The van der Waals surface area contributed by atoms with Gasteiger partial charge in [0.25, 0.3) is 0 Å². The molecule has 0 bridgehead atoms. The summed E-state index contributed by atoms with van der Waals surface area (Å²) < 4.78 is 7.88. The Kier molecular flexibility index (Phi) is 6.32. The van der Waals surface area contributed by atoms with Gasteiger partial charge in [-0.15, -0.1) is 0 Å². The summed E-state index contributed by atoms with van der Waals surface area (Å²) in [5.41, 5.74) is 6.43. The summed E-state index contributed by atoms with van der Waals surface area (Å²) in [5, 5.41) is 17.5. The van der Waals surface area contributed by atoms with Crippen LogP contribution in [-0.4, -0.2) is 37.4 Å². The van der Waals surface area contributed by atoms with Gasteiger partial charge in [-0.3, -0.25) is 9.67 Å². The van der Waals surface area contributed by atoms with Crippen LogP contribution in [0.25, 0.3) is 44.1 Å². The molecule has 0 aliphatic heterocycles. The SMILES string of the molecule is Cc1ccnc(-c2cnn(C)c2)c1-c1cccc2c(CCCOc3cccc4ccccc34)c(C(=O)O)[nH]c12. The third-order valence-electron chi connectivity index (χ3n) is 7.14. The normalized spacial score (nSPS) is 11.3. The summed E-state index contributed by atoms with van der Waals surface area (Å²) in [7, 11) is 1.88. The number of ether oxygens (including phenoxy) is 1.